The first-order chi connectivity index (χ1) is 12.2. The molecule has 1 amide bonds. The average molecular weight is 418 g/mol. The molecule has 2 N–H and O–H groups in total. The van der Waals surface area contributed by atoms with Crippen LogP contribution in [0.25, 0.3) is 0 Å². The van der Waals surface area contributed by atoms with Crippen LogP contribution in [0.4, 0.5) is 0 Å². The molecule has 7 heteroatoms. The molecular weight excluding hydrogens is 385 g/mol. The first-order valence-electron chi connectivity index (χ1n) is 9.60. The van der Waals surface area contributed by atoms with Crippen molar-refractivity contribution < 1.29 is 9.53 Å². The molecule has 0 radical (unpaired) electrons. The Morgan fingerprint density at radius 3 is 2.63 bits per heavy atom. The number of hydrogen-bond donors (Lipinski definition) is 2. The molecule has 3 rings (SSSR count). The van der Waals surface area contributed by atoms with Crippen molar-refractivity contribution in [3.8, 4) is 0 Å². The molecule has 27 heavy (non-hydrogen) atoms. The Balaban J connectivity index is 0.00000182. The van der Waals surface area contributed by atoms with Crippen LogP contribution in [-0.2, 0) is 22.6 Å². The summed E-state index contributed by atoms with van der Waals surface area (Å²) in [5.74, 6) is 0.0780. The van der Waals surface area contributed by atoms with E-state index in [1.807, 2.05) is 0 Å². The second-order valence-electron chi connectivity index (χ2n) is 7.34. The van der Waals surface area contributed by atoms with Gasteiger partial charge in [0.15, 0.2) is 0 Å². The molecule has 2 atom stereocenters. The molecule has 154 valence electrons. The highest BCUT2D eigenvalue weighted by Crippen LogP contribution is 2.19. The lowest BCUT2D eigenvalue weighted by atomic mass is 10.0. The van der Waals surface area contributed by atoms with E-state index in [0.29, 0.717) is 25.6 Å². The highest BCUT2D eigenvalue weighted by atomic mass is 35.5. The maximum Gasteiger partial charge on any atom is 0.221 e. The van der Waals surface area contributed by atoms with Crippen molar-refractivity contribution >= 4 is 30.7 Å². The Kier molecular flexibility index (Phi) is 11.3. The maximum absolute atomic E-state index is 12.0. The van der Waals surface area contributed by atoms with Crippen molar-refractivity contribution in [3.05, 3.63) is 35.4 Å². The Morgan fingerprint density at radius 2 is 1.96 bits per heavy atom. The molecule has 0 spiro atoms. The van der Waals surface area contributed by atoms with Crippen LogP contribution in [0.15, 0.2) is 24.3 Å². The number of carbonyl (C=O) groups is 1. The fourth-order valence-electron chi connectivity index (χ4n) is 3.64. The SMILES string of the molecule is CC1CCCCN1Cc1ccc(CNC(=O)CC2COCCN2)cc1.Cl.Cl. The summed E-state index contributed by atoms with van der Waals surface area (Å²) in [4.78, 5) is 14.6. The first kappa shape index (κ1) is 24.2. The van der Waals surface area contributed by atoms with Gasteiger partial charge in [-0.1, -0.05) is 30.7 Å². The Morgan fingerprint density at radius 1 is 1.22 bits per heavy atom. The molecule has 0 aromatic heterocycles. The van der Waals surface area contributed by atoms with Crippen molar-refractivity contribution in [3.63, 3.8) is 0 Å². The molecule has 0 aliphatic carbocycles. The molecule has 1 aromatic carbocycles. The highest BCUT2D eigenvalue weighted by molar-refractivity contribution is 5.85. The summed E-state index contributed by atoms with van der Waals surface area (Å²) < 4.78 is 5.38. The second kappa shape index (κ2) is 12.6. The molecule has 0 saturated carbocycles. The highest BCUT2D eigenvalue weighted by Gasteiger charge is 2.18. The van der Waals surface area contributed by atoms with Gasteiger partial charge in [0.25, 0.3) is 0 Å². The lowest BCUT2D eigenvalue weighted by Crippen LogP contribution is -2.44. The van der Waals surface area contributed by atoms with E-state index in [0.717, 1.165) is 25.3 Å². The van der Waals surface area contributed by atoms with Gasteiger partial charge in [0.2, 0.25) is 5.91 Å². The monoisotopic (exact) mass is 417 g/mol. The van der Waals surface area contributed by atoms with Crippen LogP contribution < -0.4 is 10.6 Å². The van der Waals surface area contributed by atoms with Gasteiger partial charge >= 0.3 is 0 Å². The number of piperidine rings is 1. The normalized spacial score (nSPS) is 23.0. The summed E-state index contributed by atoms with van der Waals surface area (Å²) in [5.41, 5.74) is 2.50. The van der Waals surface area contributed by atoms with Gasteiger partial charge in [-0.2, -0.15) is 0 Å². The maximum atomic E-state index is 12.0. The van der Waals surface area contributed by atoms with Crippen LogP contribution >= 0.6 is 24.8 Å². The zero-order valence-corrected chi connectivity index (χ0v) is 17.7. The van der Waals surface area contributed by atoms with Crippen molar-refractivity contribution in [1.29, 1.82) is 0 Å². The summed E-state index contributed by atoms with van der Waals surface area (Å²) >= 11 is 0. The van der Waals surface area contributed by atoms with Crippen molar-refractivity contribution in [1.82, 2.24) is 15.5 Å². The van der Waals surface area contributed by atoms with Crippen LogP contribution in [0.5, 0.6) is 0 Å². The number of carbonyl (C=O) groups excluding carboxylic acids is 1. The Labute approximate surface area is 175 Å². The first-order valence-corrected chi connectivity index (χ1v) is 9.60. The third kappa shape index (κ3) is 7.96. The molecule has 5 nitrogen and oxygen atoms in total. The number of ether oxygens (including phenoxy) is 1. The molecule has 2 unspecified atom stereocenters. The number of likely N-dealkylation sites (tertiary alicyclic amines) is 1. The van der Waals surface area contributed by atoms with Gasteiger partial charge in [-0.25, -0.2) is 0 Å². The predicted octanol–water partition coefficient (Wildman–Crippen LogP) is 2.90. The number of nitrogens with one attached hydrogen (secondary N) is 2. The largest absolute Gasteiger partial charge is 0.378 e. The van der Waals surface area contributed by atoms with E-state index in [2.05, 4.69) is 46.7 Å². The van der Waals surface area contributed by atoms with Crippen LogP contribution in [0.2, 0.25) is 0 Å². The lowest BCUT2D eigenvalue weighted by Gasteiger charge is -2.33. The van der Waals surface area contributed by atoms with Gasteiger partial charge in [0.05, 0.1) is 13.2 Å². The van der Waals surface area contributed by atoms with Crippen molar-refractivity contribution in [2.24, 2.45) is 0 Å². The van der Waals surface area contributed by atoms with Crippen LogP contribution in [-0.4, -0.2) is 49.2 Å². The third-order valence-corrected chi connectivity index (χ3v) is 5.27. The summed E-state index contributed by atoms with van der Waals surface area (Å²) in [7, 11) is 0. The summed E-state index contributed by atoms with van der Waals surface area (Å²) in [6, 6.07) is 9.48. The standard InChI is InChI=1S/C20H31N3O2.2ClH/c1-16-4-2-3-10-23(16)14-18-7-5-17(6-8-18)13-22-20(24)12-19-15-25-11-9-21-19;;/h5-8,16,19,21H,2-4,9-15H2,1H3,(H,22,24);2*1H. The van der Waals surface area contributed by atoms with Crippen molar-refractivity contribution in [2.45, 2.75) is 57.8 Å². The molecule has 0 bridgehead atoms. The molecule has 2 aliphatic rings. The van der Waals surface area contributed by atoms with E-state index in [4.69, 9.17) is 4.74 Å². The Hall–Kier alpha value is -0.850. The minimum absolute atomic E-state index is 0. The molecule has 1 aromatic rings. The van der Waals surface area contributed by atoms with Gasteiger partial charge < -0.3 is 15.4 Å². The predicted molar refractivity (Wildman–Crippen MR) is 114 cm³/mol. The number of morpholine rings is 1. The van der Waals surface area contributed by atoms with Gasteiger partial charge in [0, 0.05) is 38.1 Å². The topological polar surface area (TPSA) is 53.6 Å². The van der Waals surface area contributed by atoms with Crippen LogP contribution in [0, 0.1) is 0 Å². The number of rotatable bonds is 6. The van der Waals surface area contributed by atoms with Crippen LogP contribution in [0.3, 0.4) is 0 Å². The minimum atomic E-state index is 0. The van der Waals surface area contributed by atoms with Gasteiger partial charge in [0.1, 0.15) is 0 Å². The number of nitrogens with zero attached hydrogens (tertiary/aromatic N) is 1. The molecule has 2 heterocycles. The lowest BCUT2D eigenvalue weighted by molar-refractivity contribution is -0.122. The zero-order valence-electron chi connectivity index (χ0n) is 16.1. The van der Waals surface area contributed by atoms with E-state index in [-0.39, 0.29) is 36.8 Å². The number of halogens is 2. The zero-order chi connectivity index (χ0) is 17.5. The third-order valence-electron chi connectivity index (χ3n) is 5.27. The second-order valence-corrected chi connectivity index (χ2v) is 7.34. The van der Waals surface area contributed by atoms with Gasteiger partial charge in [-0.05, 0) is 37.4 Å². The number of benzene rings is 1. The molecule has 2 fully saturated rings. The summed E-state index contributed by atoms with van der Waals surface area (Å²) in [6.07, 6.45) is 4.46. The van der Waals surface area contributed by atoms with Crippen molar-refractivity contribution in [2.75, 3.05) is 26.3 Å². The van der Waals surface area contributed by atoms with E-state index in [9.17, 15) is 4.79 Å². The molecular formula is C20H33Cl2N3O2. The average Bonchev–Trinajstić information content (AvgIpc) is 2.64. The quantitative estimate of drug-likeness (QED) is 0.746. The smallest absolute Gasteiger partial charge is 0.221 e. The minimum Gasteiger partial charge on any atom is -0.378 e. The van der Waals surface area contributed by atoms with E-state index < -0.39 is 0 Å². The summed E-state index contributed by atoms with van der Waals surface area (Å²) in [5, 5.41) is 6.32. The summed E-state index contributed by atoms with van der Waals surface area (Å²) in [6.45, 7) is 7.34. The Bertz CT molecular complexity index is 551. The fourth-order valence-corrected chi connectivity index (χ4v) is 3.64. The van der Waals surface area contributed by atoms with E-state index >= 15 is 0 Å². The molecule has 2 saturated heterocycles. The van der Waals surface area contributed by atoms with Crippen LogP contribution in [0.1, 0.15) is 43.7 Å². The molecule has 2 aliphatic heterocycles. The van der Waals surface area contributed by atoms with E-state index in [1.54, 1.807) is 0 Å². The number of amides is 1. The van der Waals surface area contributed by atoms with Gasteiger partial charge in [-0.3, -0.25) is 9.69 Å². The van der Waals surface area contributed by atoms with E-state index in [1.165, 1.54) is 31.4 Å². The number of hydrogen-bond acceptors (Lipinski definition) is 4. The van der Waals surface area contributed by atoms with Gasteiger partial charge in [-0.15, -0.1) is 24.8 Å². The fraction of sp³-hybridized carbons (Fsp3) is 0.650.